The summed E-state index contributed by atoms with van der Waals surface area (Å²) in [6.07, 6.45) is 0. The number of nitrogens with zero attached hydrogens (tertiary/aromatic N) is 4. The summed E-state index contributed by atoms with van der Waals surface area (Å²) in [6.45, 7) is 11.4. The third-order valence-electron chi connectivity index (χ3n) is 7.13. The van der Waals surface area contributed by atoms with Crippen LogP contribution < -0.4 is 0 Å². The van der Waals surface area contributed by atoms with E-state index < -0.39 is 0 Å². The van der Waals surface area contributed by atoms with Crippen molar-refractivity contribution in [3.8, 4) is 17.1 Å². The van der Waals surface area contributed by atoms with E-state index in [0.29, 0.717) is 16.0 Å². The molecule has 40 heavy (non-hydrogen) atoms. The highest BCUT2D eigenvalue weighted by Crippen LogP contribution is 2.33. The summed E-state index contributed by atoms with van der Waals surface area (Å²) in [7, 11) is 0. The Morgan fingerprint density at radius 1 is 0.900 bits per heavy atom. The number of para-hydroxylation sites is 1. The Morgan fingerprint density at radius 3 is 2.25 bits per heavy atom. The molecule has 2 aromatic heterocycles. The summed E-state index contributed by atoms with van der Waals surface area (Å²) in [6, 6.07) is 28.3. The fourth-order valence-electron chi connectivity index (χ4n) is 4.82. The number of halogens is 1. The number of thioether (sulfide) groups is 1. The van der Waals surface area contributed by atoms with Gasteiger partial charge in [0.15, 0.2) is 16.8 Å². The molecule has 0 unspecified atom stereocenters. The number of rotatable bonds is 8. The molecule has 0 N–H and O–H groups in total. The quantitative estimate of drug-likeness (QED) is 0.139. The van der Waals surface area contributed by atoms with E-state index >= 15 is 0 Å². The van der Waals surface area contributed by atoms with Crippen LogP contribution in [0, 0.1) is 13.8 Å². The maximum atomic E-state index is 13.5. The lowest BCUT2D eigenvalue weighted by molar-refractivity contribution is 0.102. The molecule has 0 spiro atoms. The third-order valence-corrected chi connectivity index (χ3v) is 8.37. The second-order valence-corrected chi connectivity index (χ2v) is 12.3. The molecular weight excluding hydrogens is 536 g/mol. The largest absolute Gasteiger partial charge is 0.344 e. The van der Waals surface area contributed by atoms with Gasteiger partial charge in [-0.05, 0) is 48.6 Å². The minimum Gasteiger partial charge on any atom is -0.344 e. The van der Waals surface area contributed by atoms with E-state index in [9.17, 15) is 4.79 Å². The Bertz CT molecular complexity index is 1650. The number of aryl methyl sites for hydroxylation is 1. The summed E-state index contributed by atoms with van der Waals surface area (Å²) in [4.78, 5) is 13.5. The zero-order chi connectivity index (χ0) is 28.4. The van der Waals surface area contributed by atoms with Crippen LogP contribution >= 0.6 is 23.4 Å². The van der Waals surface area contributed by atoms with Gasteiger partial charge in [-0.15, -0.1) is 10.2 Å². The van der Waals surface area contributed by atoms with Gasteiger partial charge in [0.05, 0.1) is 16.5 Å². The van der Waals surface area contributed by atoms with E-state index in [1.54, 1.807) is 0 Å². The van der Waals surface area contributed by atoms with Gasteiger partial charge in [-0.1, -0.05) is 111 Å². The number of Topliss-reactive ketones (excluding diaryl/α,β-unsaturated/α-hetero) is 1. The summed E-state index contributed by atoms with van der Waals surface area (Å²) >= 11 is 8.02. The van der Waals surface area contributed by atoms with E-state index in [2.05, 4.69) is 71.9 Å². The van der Waals surface area contributed by atoms with Crippen molar-refractivity contribution in [3.63, 3.8) is 0 Å². The smallest absolute Gasteiger partial charge is 0.196 e. The molecule has 0 atom stereocenters. The lowest BCUT2D eigenvalue weighted by Gasteiger charge is -2.19. The van der Waals surface area contributed by atoms with Crippen molar-refractivity contribution in [2.45, 2.75) is 51.7 Å². The molecule has 0 aliphatic rings. The van der Waals surface area contributed by atoms with Crippen molar-refractivity contribution in [1.82, 2.24) is 19.3 Å². The molecular formula is C33H33ClN4OS. The van der Waals surface area contributed by atoms with Crippen LogP contribution in [0.2, 0.25) is 5.02 Å². The van der Waals surface area contributed by atoms with Gasteiger partial charge in [-0.25, -0.2) is 0 Å². The van der Waals surface area contributed by atoms with Crippen LogP contribution in [-0.2, 0) is 12.0 Å². The van der Waals surface area contributed by atoms with Crippen molar-refractivity contribution in [1.29, 1.82) is 0 Å². The van der Waals surface area contributed by atoms with Crippen molar-refractivity contribution in [2.24, 2.45) is 0 Å². The lowest BCUT2D eigenvalue weighted by Crippen LogP contribution is -2.10. The predicted molar refractivity (Wildman–Crippen MR) is 165 cm³/mol. The summed E-state index contributed by atoms with van der Waals surface area (Å²) < 4.78 is 4.14. The molecule has 7 heteroatoms. The standard InChI is InChI=1S/C33H33ClN4OS/c1-22-19-27(23(2)37(22)20-24-11-7-6-8-12-24)30(39)21-40-32-36-35-31(38(32)29-14-10-9-13-28(29)34)25-15-17-26(18-16-25)33(3,4)5/h6-19H,20-21H2,1-5H3. The second-order valence-electron chi connectivity index (χ2n) is 11.0. The van der Waals surface area contributed by atoms with E-state index in [-0.39, 0.29) is 17.0 Å². The Labute approximate surface area is 245 Å². The lowest BCUT2D eigenvalue weighted by atomic mass is 9.87. The van der Waals surface area contributed by atoms with Crippen molar-refractivity contribution in [3.05, 3.63) is 118 Å². The average Bonchev–Trinajstić information content (AvgIpc) is 3.48. The van der Waals surface area contributed by atoms with E-state index in [0.717, 1.165) is 34.7 Å². The first-order valence-electron chi connectivity index (χ1n) is 13.3. The SMILES string of the molecule is Cc1cc(C(=O)CSc2nnc(-c3ccc(C(C)(C)C)cc3)n2-c2ccccc2Cl)c(C)n1Cc1ccccc1. The fraction of sp³-hybridized carbons (Fsp3) is 0.242. The minimum atomic E-state index is 0.0485. The van der Waals surface area contributed by atoms with Gasteiger partial charge in [0.25, 0.3) is 0 Å². The van der Waals surface area contributed by atoms with Crippen LogP contribution in [0.4, 0.5) is 0 Å². The maximum absolute atomic E-state index is 13.5. The van der Waals surface area contributed by atoms with Gasteiger partial charge in [-0.3, -0.25) is 9.36 Å². The highest BCUT2D eigenvalue weighted by molar-refractivity contribution is 7.99. The van der Waals surface area contributed by atoms with E-state index in [1.165, 1.54) is 22.9 Å². The number of ketones is 1. The number of benzene rings is 3. The molecule has 0 radical (unpaired) electrons. The van der Waals surface area contributed by atoms with Crippen LogP contribution in [0.3, 0.4) is 0 Å². The number of carbonyl (C=O) groups excluding carboxylic acids is 1. The number of carbonyl (C=O) groups is 1. The summed E-state index contributed by atoms with van der Waals surface area (Å²) in [5, 5.41) is 10.3. The zero-order valence-corrected chi connectivity index (χ0v) is 25.1. The highest BCUT2D eigenvalue weighted by Gasteiger charge is 2.22. The molecule has 5 nitrogen and oxygen atoms in total. The third kappa shape index (κ3) is 5.79. The first kappa shape index (κ1) is 27.9. The van der Waals surface area contributed by atoms with Gasteiger partial charge in [-0.2, -0.15) is 0 Å². The molecule has 0 fully saturated rings. The van der Waals surface area contributed by atoms with Crippen LogP contribution in [-0.4, -0.2) is 30.9 Å². The normalized spacial score (nSPS) is 11.7. The van der Waals surface area contributed by atoms with Gasteiger partial charge >= 0.3 is 0 Å². The molecule has 0 saturated heterocycles. The van der Waals surface area contributed by atoms with Gasteiger partial charge < -0.3 is 4.57 Å². The molecule has 0 amide bonds. The molecule has 0 aliphatic carbocycles. The van der Waals surface area contributed by atoms with Crippen molar-refractivity contribution >= 4 is 29.1 Å². The fourth-order valence-corrected chi connectivity index (χ4v) is 5.87. The molecule has 2 heterocycles. The molecule has 5 rings (SSSR count). The Balaban J connectivity index is 1.43. The van der Waals surface area contributed by atoms with E-state index in [1.807, 2.05) is 66.9 Å². The number of hydrogen-bond donors (Lipinski definition) is 0. The van der Waals surface area contributed by atoms with Crippen LogP contribution in [0.1, 0.15) is 53.6 Å². The van der Waals surface area contributed by atoms with Gasteiger partial charge in [0, 0.05) is 29.1 Å². The molecule has 0 saturated carbocycles. The topological polar surface area (TPSA) is 52.7 Å². The second kappa shape index (κ2) is 11.5. The molecule has 204 valence electrons. The van der Waals surface area contributed by atoms with Crippen molar-refractivity contribution in [2.75, 3.05) is 5.75 Å². The number of aromatic nitrogens is 4. The monoisotopic (exact) mass is 568 g/mol. The Morgan fingerprint density at radius 2 is 1.57 bits per heavy atom. The molecule has 5 aromatic rings. The summed E-state index contributed by atoms with van der Waals surface area (Å²) in [5.74, 6) is 0.980. The van der Waals surface area contributed by atoms with Gasteiger partial charge in [0.1, 0.15) is 0 Å². The summed E-state index contributed by atoms with van der Waals surface area (Å²) in [5.41, 5.74) is 6.98. The molecule has 0 aliphatic heterocycles. The van der Waals surface area contributed by atoms with Crippen LogP contribution in [0.15, 0.2) is 90.1 Å². The van der Waals surface area contributed by atoms with Crippen molar-refractivity contribution < 1.29 is 4.79 Å². The minimum absolute atomic E-state index is 0.0485. The maximum Gasteiger partial charge on any atom is 0.196 e. The molecule has 0 bridgehead atoms. The Kier molecular flexibility index (Phi) is 8.02. The highest BCUT2D eigenvalue weighted by atomic mass is 35.5. The first-order chi connectivity index (χ1) is 19.1. The van der Waals surface area contributed by atoms with Crippen LogP contribution in [0.25, 0.3) is 17.1 Å². The van der Waals surface area contributed by atoms with E-state index in [4.69, 9.17) is 11.6 Å². The number of hydrogen-bond acceptors (Lipinski definition) is 4. The average molecular weight is 569 g/mol. The van der Waals surface area contributed by atoms with Gasteiger partial charge in [0.2, 0.25) is 0 Å². The first-order valence-corrected chi connectivity index (χ1v) is 14.7. The predicted octanol–water partition coefficient (Wildman–Crippen LogP) is 8.33. The van der Waals surface area contributed by atoms with Crippen LogP contribution in [0.5, 0.6) is 0 Å². The zero-order valence-electron chi connectivity index (χ0n) is 23.5. The molecule has 3 aromatic carbocycles. The Hall–Kier alpha value is -3.61.